The van der Waals surface area contributed by atoms with Crippen LogP contribution in [-0.4, -0.2) is 17.4 Å². The maximum absolute atomic E-state index is 11.5. The van der Waals surface area contributed by atoms with Crippen LogP contribution in [0.25, 0.3) is 0 Å². The highest BCUT2D eigenvalue weighted by atomic mass is 32.2. The summed E-state index contributed by atoms with van der Waals surface area (Å²) in [4.78, 5) is 16.3. The number of thioether (sulfide) groups is 1. The number of nitrogens with zero attached hydrogens (tertiary/aromatic N) is 1. The molecule has 0 amide bonds. The second kappa shape index (κ2) is 5.68. The molecule has 0 spiro atoms. The first-order valence-electron chi connectivity index (χ1n) is 5.50. The Bertz CT molecular complexity index is 466. The number of oxime groups is 1. The monoisotopic (exact) mass is 247 g/mol. The van der Waals surface area contributed by atoms with Gasteiger partial charge >= 0.3 is 5.97 Å². The van der Waals surface area contributed by atoms with Gasteiger partial charge in [0.1, 0.15) is 5.71 Å². The van der Waals surface area contributed by atoms with Crippen molar-refractivity contribution in [3.63, 3.8) is 0 Å². The molecule has 0 saturated carbocycles. The summed E-state index contributed by atoms with van der Waals surface area (Å²) in [7, 11) is 0. The lowest BCUT2D eigenvalue weighted by Crippen LogP contribution is -2.06. The van der Waals surface area contributed by atoms with E-state index in [2.05, 4.69) is 12.1 Å². The molecule has 0 fully saturated rings. The van der Waals surface area contributed by atoms with E-state index in [0.29, 0.717) is 11.3 Å². The van der Waals surface area contributed by atoms with E-state index in [1.807, 2.05) is 35.7 Å². The molecule has 1 aliphatic rings. The number of hydrogen-bond donors (Lipinski definition) is 0. The maximum Gasteiger partial charge on any atom is 0.368 e. The van der Waals surface area contributed by atoms with Crippen LogP contribution in [0.1, 0.15) is 18.9 Å². The van der Waals surface area contributed by atoms with Crippen LogP contribution in [0.5, 0.6) is 0 Å². The van der Waals surface area contributed by atoms with Crippen molar-refractivity contribution in [3.8, 4) is 0 Å². The molecule has 0 aromatic heterocycles. The largest absolute Gasteiger partial charge is 0.368 e. The van der Waals surface area contributed by atoms with Crippen LogP contribution >= 0.6 is 11.8 Å². The van der Waals surface area contributed by atoms with Crippen molar-refractivity contribution < 1.29 is 9.63 Å². The fraction of sp³-hybridized carbons (Fsp3) is 0.231. The molecule has 88 valence electrons. The summed E-state index contributed by atoms with van der Waals surface area (Å²) in [5, 5.41) is 5.67. The SMILES string of the molecule is CCCS/C=C1\C(=O)ON=C1c1ccccc1. The molecule has 0 atom stereocenters. The van der Waals surface area contributed by atoms with Gasteiger partial charge in [0.05, 0.1) is 5.57 Å². The lowest BCUT2D eigenvalue weighted by Gasteiger charge is -1.99. The first-order valence-corrected chi connectivity index (χ1v) is 6.54. The van der Waals surface area contributed by atoms with Crippen molar-refractivity contribution in [2.24, 2.45) is 5.16 Å². The second-order valence-electron chi connectivity index (χ2n) is 3.59. The van der Waals surface area contributed by atoms with E-state index in [1.54, 1.807) is 11.8 Å². The minimum Gasteiger partial charge on any atom is -0.312 e. The third-order valence-electron chi connectivity index (χ3n) is 2.27. The molecular weight excluding hydrogens is 234 g/mol. The number of carbonyl (C=O) groups is 1. The average Bonchev–Trinajstić information content (AvgIpc) is 2.73. The van der Waals surface area contributed by atoms with Gasteiger partial charge in [0.2, 0.25) is 0 Å². The van der Waals surface area contributed by atoms with Crippen LogP contribution < -0.4 is 0 Å². The molecule has 0 N–H and O–H groups in total. The van der Waals surface area contributed by atoms with Crippen LogP contribution in [0.3, 0.4) is 0 Å². The topological polar surface area (TPSA) is 38.7 Å². The zero-order valence-electron chi connectivity index (χ0n) is 9.55. The highest BCUT2D eigenvalue weighted by Crippen LogP contribution is 2.21. The molecule has 0 bridgehead atoms. The van der Waals surface area contributed by atoms with Crippen molar-refractivity contribution in [1.29, 1.82) is 0 Å². The van der Waals surface area contributed by atoms with Crippen LogP contribution in [0, 0.1) is 0 Å². The van der Waals surface area contributed by atoms with E-state index in [-0.39, 0.29) is 5.97 Å². The van der Waals surface area contributed by atoms with Gasteiger partial charge in [-0.2, -0.15) is 0 Å². The standard InChI is InChI=1S/C13H13NO2S/c1-2-8-17-9-11-12(14-16-13(11)15)10-6-4-3-5-7-10/h3-7,9H,2,8H2,1H3/b11-9-. The Kier molecular flexibility index (Phi) is 3.98. The zero-order valence-corrected chi connectivity index (χ0v) is 10.4. The molecule has 1 aromatic rings. The van der Waals surface area contributed by atoms with E-state index in [4.69, 9.17) is 4.84 Å². The van der Waals surface area contributed by atoms with Gasteiger partial charge < -0.3 is 4.84 Å². The Balaban J connectivity index is 2.22. The Labute approximate surface area is 105 Å². The molecular formula is C13H13NO2S. The van der Waals surface area contributed by atoms with Crippen LogP contribution in [0.2, 0.25) is 0 Å². The van der Waals surface area contributed by atoms with Crippen molar-refractivity contribution in [1.82, 2.24) is 0 Å². The molecule has 2 rings (SSSR count). The quantitative estimate of drug-likeness (QED) is 0.466. The maximum atomic E-state index is 11.5. The third-order valence-corrected chi connectivity index (χ3v) is 3.31. The molecule has 4 heteroatoms. The van der Waals surface area contributed by atoms with E-state index >= 15 is 0 Å². The normalized spacial score (nSPS) is 17.1. The Morgan fingerprint density at radius 1 is 1.35 bits per heavy atom. The first-order chi connectivity index (χ1) is 8.33. The van der Waals surface area contributed by atoms with E-state index in [9.17, 15) is 4.79 Å². The van der Waals surface area contributed by atoms with E-state index in [1.165, 1.54) is 0 Å². The molecule has 1 aromatic carbocycles. The summed E-state index contributed by atoms with van der Waals surface area (Å²) in [5.41, 5.74) is 2.08. The van der Waals surface area contributed by atoms with Gasteiger partial charge in [-0.05, 0) is 17.6 Å². The Hall–Kier alpha value is -1.55. The van der Waals surface area contributed by atoms with Crippen LogP contribution in [0.15, 0.2) is 46.5 Å². The lowest BCUT2D eigenvalue weighted by atomic mass is 10.1. The summed E-state index contributed by atoms with van der Waals surface area (Å²) in [6.45, 7) is 2.10. The van der Waals surface area contributed by atoms with Gasteiger partial charge in [0.25, 0.3) is 0 Å². The molecule has 0 aliphatic carbocycles. The number of hydrogen-bond acceptors (Lipinski definition) is 4. The van der Waals surface area contributed by atoms with Crippen LogP contribution in [-0.2, 0) is 9.63 Å². The highest BCUT2D eigenvalue weighted by molar-refractivity contribution is 8.02. The van der Waals surface area contributed by atoms with E-state index in [0.717, 1.165) is 17.7 Å². The van der Waals surface area contributed by atoms with Crippen molar-refractivity contribution in [2.75, 3.05) is 5.75 Å². The Morgan fingerprint density at radius 2 is 2.12 bits per heavy atom. The second-order valence-corrected chi connectivity index (χ2v) is 4.56. The molecule has 1 aliphatic heterocycles. The minimum absolute atomic E-state index is 0.368. The van der Waals surface area contributed by atoms with E-state index < -0.39 is 0 Å². The van der Waals surface area contributed by atoms with Gasteiger partial charge in [0.15, 0.2) is 0 Å². The van der Waals surface area contributed by atoms with Gasteiger partial charge in [-0.1, -0.05) is 42.4 Å². The Morgan fingerprint density at radius 3 is 2.82 bits per heavy atom. The van der Waals surface area contributed by atoms with Gasteiger partial charge in [0, 0.05) is 5.56 Å². The van der Waals surface area contributed by atoms with Gasteiger partial charge in [-0.3, -0.25) is 0 Å². The predicted octanol–water partition coefficient (Wildman–Crippen LogP) is 2.97. The molecule has 17 heavy (non-hydrogen) atoms. The molecule has 0 unspecified atom stereocenters. The number of benzene rings is 1. The molecule has 0 saturated heterocycles. The first kappa shape index (κ1) is 11.9. The smallest absolute Gasteiger partial charge is 0.312 e. The summed E-state index contributed by atoms with van der Waals surface area (Å²) in [5.74, 6) is 0.617. The molecule has 0 radical (unpaired) electrons. The summed E-state index contributed by atoms with van der Waals surface area (Å²) >= 11 is 1.61. The number of carbonyl (C=O) groups excluding carboxylic acids is 1. The van der Waals surface area contributed by atoms with Gasteiger partial charge in [-0.25, -0.2) is 4.79 Å². The average molecular weight is 247 g/mol. The lowest BCUT2D eigenvalue weighted by molar-refractivity contribution is -0.136. The predicted molar refractivity (Wildman–Crippen MR) is 69.9 cm³/mol. The summed E-state index contributed by atoms with van der Waals surface area (Å²) < 4.78 is 0. The zero-order chi connectivity index (χ0) is 12.1. The minimum atomic E-state index is -0.368. The number of rotatable bonds is 4. The summed E-state index contributed by atoms with van der Waals surface area (Å²) in [6, 6.07) is 9.59. The highest BCUT2D eigenvalue weighted by Gasteiger charge is 2.26. The van der Waals surface area contributed by atoms with Crippen molar-refractivity contribution >= 4 is 23.4 Å². The van der Waals surface area contributed by atoms with Gasteiger partial charge in [-0.15, -0.1) is 11.8 Å². The fourth-order valence-corrected chi connectivity index (χ4v) is 2.18. The third kappa shape index (κ3) is 2.77. The summed E-state index contributed by atoms with van der Waals surface area (Å²) in [6.07, 6.45) is 1.07. The van der Waals surface area contributed by atoms with Crippen molar-refractivity contribution in [3.05, 3.63) is 46.9 Å². The molecule has 3 nitrogen and oxygen atoms in total. The molecule has 1 heterocycles. The van der Waals surface area contributed by atoms with Crippen LogP contribution in [0.4, 0.5) is 0 Å². The van der Waals surface area contributed by atoms with Crippen molar-refractivity contribution in [2.45, 2.75) is 13.3 Å². The fourth-order valence-electron chi connectivity index (χ4n) is 1.45.